The monoisotopic (exact) mass is 269 g/mol. The number of halogens is 1. The molecule has 0 saturated carbocycles. The van der Waals surface area contributed by atoms with Gasteiger partial charge < -0.3 is 14.8 Å². The highest BCUT2D eigenvalue weighted by Gasteiger charge is 2.02. The molecule has 0 spiro atoms. The molecular weight excluding hydrogens is 245 g/mol. The number of hydrogen-bond donors (Lipinski definition) is 1. The van der Waals surface area contributed by atoms with Crippen molar-refractivity contribution in [2.75, 3.05) is 26.4 Å². The van der Waals surface area contributed by atoms with Gasteiger partial charge in [-0.15, -0.1) is 0 Å². The molecule has 0 saturated heterocycles. The van der Waals surface area contributed by atoms with Crippen LogP contribution in [0.5, 0.6) is 5.75 Å². The van der Waals surface area contributed by atoms with Crippen LogP contribution in [0.3, 0.4) is 0 Å². The van der Waals surface area contributed by atoms with Gasteiger partial charge in [-0.3, -0.25) is 0 Å². The Balaban J connectivity index is 2.39. The summed E-state index contributed by atoms with van der Waals surface area (Å²) in [5, 5.41) is 3.24. The van der Waals surface area contributed by atoms with E-state index in [9.17, 15) is 4.39 Å². The lowest BCUT2D eigenvalue weighted by Gasteiger charge is -2.09. The summed E-state index contributed by atoms with van der Waals surface area (Å²) < 4.78 is 24.2. The van der Waals surface area contributed by atoms with Crippen LogP contribution < -0.4 is 10.1 Å². The summed E-state index contributed by atoms with van der Waals surface area (Å²) in [5.74, 6) is 0.300. The van der Waals surface area contributed by atoms with Gasteiger partial charge in [-0.2, -0.15) is 0 Å². The predicted octanol–water partition coefficient (Wildman–Crippen LogP) is 3.13. The predicted molar refractivity (Wildman–Crippen MR) is 75.0 cm³/mol. The summed E-state index contributed by atoms with van der Waals surface area (Å²) in [4.78, 5) is 0. The fourth-order valence-electron chi connectivity index (χ4n) is 1.68. The Kier molecular flexibility index (Phi) is 8.18. The molecule has 1 rings (SSSR count). The van der Waals surface area contributed by atoms with Crippen LogP contribution in [0.4, 0.5) is 4.39 Å². The van der Waals surface area contributed by atoms with Crippen molar-refractivity contribution >= 4 is 0 Å². The Morgan fingerprint density at radius 1 is 1.05 bits per heavy atom. The quantitative estimate of drug-likeness (QED) is 0.662. The van der Waals surface area contributed by atoms with E-state index in [1.165, 1.54) is 12.1 Å². The Bertz CT molecular complexity index is 358. The van der Waals surface area contributed by atoms with Crippen LogP contribution in [0.1, 0.15) is 32.3 Å². The Hall–Kier alpha value is -1.13. The third kappa shape index (κ3) is 7.13. The van der Waals surface area contributed by atoms with E-state index in [1.54, 1.807) is 0 Å². The van der Waals surface area contributed by atoms with Gasteiger partial charge in [0.15, 0.2) is 0 Å². The Morgan fingerprint density at radius 3 is 2.63 bits per heavy atom. The Labute approximate surface area is 115 Å². The van der Waals surface area contributed by atoms with Crippen molar-refractivity contribution in [3.05, 3.63) is 29.6 Å². The Morgan fingerprint density at radius 2 is 1.89 bits per heavy atom. The highest BCUT2D eigenvalue weighted by molar-refractivity contribution is 5.29. The highest BCUT2D eigenvalue weighted by Crippen LogP contribution is 2.16. The molecule has 1 aromatic rings. The lowest BCUT2D eigenvalue weighted by molar-refractivity contribution is 0.100. The minimum Gasteiger partial charge on any atom is -0.491 e. The summed E-state index contributed by atoms with van der Waals surface area (Å²) in [5.41, 5.74) is 0.901. The SMILES string of the molecule is CCCNCc1cc(F)cc(OCCOCCC)c1. The van der Waals surface area contributed by atoms with Crippen molar-refractivity contribution in [3.63, 3.8) is 0 Å². The number of nitrogens with one attached hydrogen (secondary N) is 1. The molecule has 0 amide bonds. The molecule has 0 aliphatic rings. The van der Waals surface area contributed by atoms with Gasteiger partial charge in [0, 0.05) is 19.2 Å². The van der Waals surface area contributed by atoms with Crippen molar-refractivity contribution in [1.29, 1.82) is 0 Å². The normalized spacial score (nSPS) is 10.7. The number of ether oxygens (including phenoxy) is 2. The largest absolute Gasteiger partial charge is 0.491 e. The number of hydrogen-bond acceptors (Lipinski definition) is 3. The van der Waals surface area contributed by atoms with E-state index in [4.69, 9.17) is 9.47 Å². The smallest absolute Gasteiger partial charge is 0.127 e. The molecule has 0 atom stereocenters. The summed E-state index contributed by atoms with van der Waals surface area (Å²) in [6.07, 6.45) is 2.06. The molecule has 108 valence electrons. The molecule has 1 aromatic carbocycles. The molecule has 0 unspecified atom stereocenters. The molecule has 0 aromatic heterocycles. The van der Waals surface area contributed by atoms with Crippen LogP contribution in [0, 0.1) is 5.82 Å². The van der Waals surface area contributed by atoms with E-state index < -0.39 is 0 Å². The van der Waals surface area contributed by atoms with E-state index in [1.807, 2.05) is 6.07 Å². The zero-order chi connectivity index (χ0) is 13.9. The third-order valence-electron chi connectivity index (χ3n) is 2.53. The van der Waals surface area contributed by atoms with Crippen LogP contribution >= 0.6 is 0 Å². The minimum atomic E-state index is -0.264. The third-order valence-corrected chi connectivity index (χ3v) is 2.53. The molecular formula is C15H24FNO2. The van der Waals surface area contributed by atoms with E-state index in [0.717, 1.165) is 31.6 Å². The molecule has 0 heterocycles. The van der Waals surface area contributed by atoms with Crippen LogP contribution in [-0.2, 0) is 11.3 Å². The summed E-state index contributed by atoms with van der Waals surface area (Å²) >= 11 is 0. The average Bonchev–Trinajstić information content (AvgIpc) is 2.38. The summed E-state index contributed by atoms with van der Waals surface area (Å²) in [6.45, 7) is 7.47. The molecule has 0 radical (unpaired) electrons. The number of benzene rings is 1. The van der Waals surface area contributed by atoms with Crippen molar-refractivity contribution in [3.8, 4) is 5.75 Å². The van der Waals surface area contributed by atoms with Gasteiger partial charge in [0.05, 0.1) is 6.61 Å². The van der Waals surface area contributed by atoms with E-state index >= 15 is 0 Å². The second-order valence-electron chi connectivity index (χ2n) is 4.43. The van der Waals surface area contributed by atoms with Gasteiger partial charge in [-0.1, -0.05) is 13.8 Å². The first-order valence-corrected chi connectivity index (χ1v) is 6.97. The highest BCUT2D eigenvalue weighted by atomic mass is 19.1. The van der Waals surface area contributed by atoms with Crippen molar-refractivity contribution in [2.45, 2.75) is 33.2 Å². The summed E-state index contributed by atoms with van der Waals surface area (Å²) in [7, 11) is 0. The lowest BCUT2D eigenvalue weighted by Crippen LogP contribution is -2.14. The maximum atomic E-state index is 13.4. The first-order valence-electron chi connectivity index (χ1n) is 6.97. The molecule has 0 aliphatic carbocycles. The second-order valence-corrected chi connectivity index (χ2v) is 4.43. The van der Waals surface area contributed by atoms with E-state index in [-0.39, 0.29) is 5.82 Å². The molecule has 0 bridgehead atoms. The molecule has 19 heavy (non-hydrogen) atoms. The minimum absolute atomic E-state index is 0.264. The molecule has 3 nitrogen and oxygen atoms in total. The maximum Gasteiger partial charge on any atom is 0.127 e. The average molecular weight is 269 g/mol. The fraction of sp³-hybridized carbons (Fsp3) is 0.600. The van der Waals surface area contributed by atoms with Gasteiger partial charge in [0.25, 0.3) is 0 Å². The van der Waals surface area contributed by atoms with Gasteiger partial charge in [0.2, 0.25) is 0 Å². The van der Waals surface area contributed by atoms with Crippen LogP contribution in [-0.4, -0.2) is 26.4 Å². The summed E-state index contributed by atoms with van der Waals surface area (Å²) in [6, 6.07) is 4.80. The van der Waals surface area contributed by atoms with E-state index in [0.29, 0.717) is 25.5 Å². The van der Waals surface area contributed by atoms with Gasteiger partial charge in [0.1, 0.15) is 18.2 Å². The molecule has 0 aliphatic heterocycles. The fourth-order valence-corrected chi connectivity index (χ4v) is 1.68. The standard InChI is InChI=1S/C15H24FNO2/c1-3-5-17-12-13-9-14(16)11-15(10-13)19-8-7-18-6-4-2/h9-11,17H,3-8,12H2,1-2H3. The molecule has 4 heteroatoms. The second kappa shape index (κ2) is 9.75. The molecule has 1 N–H and O–H groups in total. The van der Waals surface area contributed by atoms with Crippen molar-refractivity contribution < 1.29 is 13.9 Å². The van der Waals surface area contributed by atoms with Crippen molar-refractivity contribution in [2.24, 2.45) is 0 Å². The van der Waals surface area contributed by atoms with Gasteiger partial charge in [-0.05, 0) is 37.1 Å². The van der Waals surface area contributed by atoms with Crippen molar-refractivity contribution in [1.82, 2.24) is 5.32 Å². The van der Waals surface area contributed by atoms with Crippen LogP contribution in [0.2, 0.25) is 0 Å². The maximum absolute atomic E-state index is 13.4. The first kappa shape index (κ1) is 15.9. The zero-order valence-corrected chi connectivity index (χ0v) is 11.9. The first-order chi connectivity index (χ1) is 9.26. The lowest BCUT2D eigenvalue weighted by atomic mass is 10.2. The number of rotatable bonds is 10. The van der Waals surface area contributed by atoms with Crippen LogP contribution in [0.15, 0.2) is 18.2 Å². The van der Waals surface area contributed by atoms with E-state index in [2.05, 4.69) is 19.2 Å². The zero-order valence-electron chi connectivity index (χ0n) is 11.9. The molecule has 0 fully saturated rings. The van der Waals surface area contributed by atoms with Crippen LogP contribution in [0.25, 0.3) is 0 Å². The topological polar surface area (TPSA) is 30.5 Å². The van der Waals surface area contributed by atoms with Gasteiger partial charge >= 0.3 is 0 Å². The van der Waals surface area contributed by atoms with Gasteiger partial charge in [-0.25, -0.2) is 4.39 Å².